The Balaban J connectivity index is 2.03. The number of anilines is 1. The number of carbonyl (C=O) groups excluding carboxylic acids is 2. The van der Waals surface area contributed by atoms with E-state index in [-0.39, 0.29) is 12.1 Å². The molecule has 1 aromatic rings. The maximum atomic E-state index is 12.2. The monoisotopic (exact) mass is 339 g/mol. The highest BCUT2D eigenvalue weighted by atomic mass is 35.5. The van der Waals surface area contributed by atoms with Crippen molar-refractivity contribution in [3.8, 4) is 0 Å². The topological polar surface area (TPSA) is 71.5 Å². The molecule has 7 heteroatoms. The van der Waals surface area contributed by atoms with Crippen LogP contribution in [0.5, 0.6) is 0 Å². The molecule has 0 saturated carbocycles. The van der Waals surface area contributed by atoms with Crippen LogP contribution in [-0.4, -0.2) is 47.0 Å². The van der Waals surface area contributed by atoms with Gasteiger partial charge in [-0.05, 0) is 39.7 Å². The Bertz CT molecular complexity index is 586. The second-order valence-electron chi connectivity index (χ2n) is 6.62. The summed E-state index contributed by atoms with van der Waals surface area (Å²) >= 11 is 5.89. The quantitative estimate of drug-likeness (QED) is 0.675. The zero-order chi connectivity index (χ0) is 17.0. The molecule has 2 heterocycles. The van der Waals surface area contributed by atoms with Crippen LogP contribution in [0.15, 0.2) is 12.3 Å². The Hall–Kier alpha value is -1.82. The van der Waals surface area contributed by atoms with E-state index in [2.05, 4.69) is 10.3 Å². The summed E-state index contributed by atoms with van der Waals surface area (Å²) in [4.78, 5) is 28.9. The lowest BCUT2D eigenvalue weighted by atomic mass is 10.1. The van der Waals surface area contributed by atoms with Gasteiger partial charge in [0.2, 0.25) is 0 Å². The highest BCUT2D eigenvalue weighted by Crippen LogP contribution is 2.22. The third kappa shape index (κ3) is 5.10. The zero-order valence-corrected chi connectivity index (χ0v) is 14.4. The average Bonchev–Trinajstić information content (AvgIpc) is 2.46. The van der Waals surface area contributed by atoms with Crippen LogP contribution in [0.2, 0.25) is 5.15 Å². The van der Waals surface area contributed by atoms with E-state index in [0.29, 0.717) is 29.5 Å². The minimum atomic E-state index is -0.513. The number of nitrogens with one attached hydrogen (secondary N) is 1. The molecular weight excluding hydrogens is 318 g/mol. The van der Waals surface area contributed by atoms with Crippen molar-refractivity contribution >= 4 is 29.7 Å². The number of piperidine rings is 1. The molecule has 1 atom stereocenters. The van der Waals surface area contributed by atoms with Gasteiger partial charge >= 0.3 is 6.09 Å². The van der Waals surface area contributed by atoms with Crippen molar-refractivity contribution in [3.05, 3.63) is 23.0 Å². The van der Waals surface area contributed by atoms with Crippen molar-refractivity contribution in [2.45, 2.75) is 45.3 Å². The Morgan fingerprint density at radius 1 is 1.52 bits per heavy atom. The van der Waals surface area contributed by atoms with Crippen LogP contribution in [0.3, 0.4) is 0 Å². The van der Waals surface area contributed by atoms with Gasteiger partial charge in [-0.25, -0.2) is 9.78 Å². The molecule has 1 amide bonds. The number of nitrogens with zero attached hydrogens (tertiary/aromatic N) is 2. The number of carbonyl (C=O) groups is 2. The molecule has 0 bridgehead atoms. The lowest BCUT2D eigenvalue weighted by Gasteiger charge is -2.35. The molecule has 0 radical (unpaired) electrons. The first-order chi connectivity index (χ1) is 10.8. The molecule has 0 spiro atoms. The van der Waals surface area contributed by atoms with E-state index in [9.17, 15) is 9.59 Å². The number of aldehydes is 1. The van der Waals surface area contributed by atoms with Gasteiger partial charge in [0.1, 0.15) is 10.8 Å². The molecule has 1 aromatic heterocycles. The third-order valence-electron chi connectivity index (χ3n) is 3.46. The highest BCUT2D eigenvalue weighted by molar-refractivity contribution is 6.29. The summed E-state index contributed by atoms with van der Waals surface area (Å²) in [7, 11) is 0. The number of halogens is 1. The molecule has 0 aromatic carbocycles. The average molecular weight is 340 g/mol. The number of rotatable bonds is 3. The number of amides is 1. The maximum absolute atomic E-state index is 12.2. The summed E-state index contributed by atoms with van der Waals surface area (Å²) < 4.78 is 5.41. The van der Waals surface area contributed by atoms with Crippen LogP contribution < -0.4 is 5.32 Å². The Kier molecular flexibility index (Phi) is 5.46. The molecule has 1 fully saturated rings. The van der Waals surface area contributed by atoms with Gasteiger partial charge in [-0.15, -0.1) is 0 Å². The standard InChI is InChI=1S/C16H22ClN3O3/c1-16(2,3)23-15(22)20-6-4-5-12(9-20)19-13-7-14(17)18-8-11(13)10-21/h7-8,10,12H,4-6,9H2,1-3H3,(H,18,19)/t12-/m1/s1. The molecular formula is C16H22ClN3O3. The van der Waals surface area contributed by atoms with Gasteiger partial charge in [0.15, 0.2) is 6.29 Å². The van der Waals surface area contributed by atoms with E-state index in [4.69, 9.17) is 16.3 Å². The first kappa shape index (κ1) is 17.5. The van der Waals surface area contributed by atoms with Gasteiger partial charge in [0, 0.05) is 31.0 Å². The Labute approximate surface area is 141 Å². The van der Waals surface area contributed by atoms with E-state index in [1.807, 2.05) is 20.8 Å². The van der Waals surface area contributed by atoms with Crippen LogP contribution in [0, 0.1) is 0 Å². The predicted molar refractivity (Wildman–Crippen MR) is 89.1 cm³/mol. The summed E-state index contributed by atoms with van der Waals surface area (Å²) in [6.07, 6.45) is 3.63. The Morgan fingerprint density at radius 2 is 2.26 bits per heavy atom. The predicted octanol–water partition coefficient (Wildman–Crippen LogP) is 3.36. The van der Waals surface area contributed by atoms with Crippen LogP contribution >= 0.6 is 11.6 Å². The summed E-state index contributed by atoms with van der Waals surface area (Å²) in [5.74, 6) is 0. The van der Waals surface area contributed by atoms with E-state index < -0.39 is 5.60 Å². The van der Waals surface area contributed by atoms with Crippen molar-refractivity contribution in [1.29, 1.82) is 0 Å². The van der Waals surface area contributed by atoms with Crippen molar-refractivity contribution < 1.29 is 14.3 Å². The lowest BCUT2D eigenvalue weighted by Crippen LogP contribution is -2.47. The van der Waals surface area contributed by atoms with Gasteiger partial charge in [-0.1, -0.05) is 11.6 Å². The third-order valence-corrected chi connectivity index (χ3v) is 3.67. The molecule has 2 rings (SSSR count). The van der Waals surface area contributed by atoms with Crippen molar-refractivity contribution in [1.82, 2.24) is 9.88 Å². The summed E-state index contributed by atoms with van der Waals surface area (Å²) in [6.45, 7) is 6.73. The summed E-state index contributed by atoms with van der Waals surface area (Å²) in [6, 6.07) is 1.66. The fourth-order valence-electron chi connectivity index (χ4n) is 2.47. The highest BCUT2D eigenvalue weighted by Gasteiger charge is 2.27. The minimum absolute atomic E-state index is 0.0356. The molecule has 1 aliphatic heterocycles. The number of pyridine rings is 1. The van der Waals surface area contributed by atoms with Gasteiger partial charge in [0.25, 0.3) is 0 Å². The lowest BCUT2D eigenvalue weighted by molar-refractivity contribution is 0.0206. The van der Waals surface area contributed by atoms with E-state index >= 15 is 0 Å². The number of ether oxygens (including phenoxy) is 1. The fourth-order valence-corrected chi connectivity index (χ4v) is 2.62. The number of hydrogen-bond acceptors (Lipinski definition) is 5. The van der Waals surface area contributed by atoms with Gasteiger partial charge < -0.3 is 15.0 Å². The van der Waals surface area contributed by atoms with E-state index in [0.717, 1.165) is 19.1 Å². The molecule has 126 valence electrons. The molecule has 6 nitrogen and oxygen atoms in total. The largest absolute Gasteiger partial charge is 0.444 e. The summed E-state index contributed by atoms with van der Waals surface area (Å²) in [5.41, 5.74) is 0.570. The number of aromatic nitrogens is 1. The fraction of sp³-hybridized carbons (Fsp3) is 0.562. The van der Waals surface area contributed by atoms with Crippen LogP contribution in [0.1, 0.15) is 44.0 Å². The van der Waals surface area contributed by atoms with Crippen molar-refractivity contribution in [2.75, 3.05) is 18.4 Å². The SMILES string of the molecule is CC(C)(C)OC(=O)N1CCC[C@@H](Nc2cc(Cl)ncc2C=O)C1. The maximum Gasteiger partial charge on any atom is 0.410 e. The molecule has 0 unspecified atom stereocenters. The molecule has 23 heavy (non-hydrogen) atoms. The van der Waals surface area contributed by atoms with Crippen LogP contribution in [-0.2, 0) is 4.74 Å². The minimum Gasteiger partial charge on any atom is -0.444 e. The zero-order valence-electron chi connectivity index (χ0n) is 13.6. The number of hydrogen-bond donors (Lipinski definition) is 1. The molecule has 1 N–H and O–H groups in total. The first-order valence-corrected chi connectivity index (χ1v) is 8.01. The summed E-state index contributed by atoms with van der Waals surface area (Å²) in [5, 5.41) is 3.60. The molecule has 1 saturated heterocycles. The Morgan fingerprint density at radius 3 is 2.91 bits per heavy atom. The van der Waals surface area contributed by atoms with Crippen LogP contribution in [0.25, 0.3) is 0 Å². The smallest absolute Gasteiger partial charge is 0.410 e. The van der Waals surface area contributed by atoms with Crippen LogP contribution in [0.4, 0.5) is 10.5 Å². The number of likely N-dealkylation sites (tertiary alicyclic amines) is 1. The van der Waals surface area contributed by atoms with Crippen molar-refractivity contribution in [3.63, 3.8) is 0 Å². The molecule has 0 aliphatic carbocycles. The first-order valence-electron chi connectivity index (χ1n) is 7.63. The molecule has 1 aliphatic rings. The normalized spacial score (nSPS) is 18.4. The van der Waals surface area contributed by atoms with E-state index in [1.165, 1.54) is 6.20 Å². The van der Waals surface area contributed by atoms with Gasteiger partial charge in [-0.2, -0.15) is 0 Å². The van der Waals surface area contributed by atoms with Crippen molar-refractivity contribution in [2.24, 2.45) is 0 Å². The van der Waals surface area contributed by atoms with E-state index in [1.54, 1.807) is 11.0 Å². The van der Waals surface area contributed by atoms with Gasteiger partial charge in [-0.3, -0.25) is 4.79 Å². The second-order valence-corrected chi connectivity index (χ2v) is 7.01. The second kappa shape index (κ2) is 7.17. The van der Waals surface area contributed by atoms with Gasteiger partial charge in [0.05, 0.1) is 5.56 Å².